The second-order valence-electron chi connectivity index (χ2n) is 6.68. The van der Waals surface area contributed by atoms with Crippen LogP contribution in [-0.4, -0.2) is 12.6 Å². The summed E-state index contributed by atoms with van der Waals surface area (Å²) in [6.07, 6.45) is -3.69. The molecule has 0 saturated carbocycles. The summed E-state index contributed by atoms with van der Waals surface area (Å²) in [5, 5.41) is 3.59. The molecule has 1 aliphatic heterocycles. The van der Waals surface area contributed by atoms with Crippen molar-refractivity contribution in [1.82, 2.24) is 5.32 Å². The van der Waals surface area contributed by atoms with Crippen LogP contribution in [0, 0.1) is 5.82 Å². The van der Waals surface area contributed by atoms with Crippen molar-refractivity contribution < 1.29 is 22.3 Å². The summed E-state index contributed by atoms with van der Waals surface area (Å²) in [5.74, 6) is -0.323. The molecule has 3 rings (SSSR count). The van der Waals surface area contributed by atoms with Crippen molar-refractivity contribution >= 4 is 11.6 Å². The van der Waals surface area contributed by atoms with E-state index >= 15 is 0 Å². The highest BCUT2D eigenvalue weighted by atomic mass is 35.5. The lowest BCUT2D eigenvalue weighted by Crippen LogP contribution is -2.39. The molecule has 1 fully saturated rings. The third kappa shape index (κ3) is 4.81. The van der Waals surface area contributed by atoms with E-state index in [2.05, 4.69) is 5.32 Å². The Balaban J connectivity index is 1.81. The van der Waals surface area contributed by atoms with Crippen molar-refractivity contribution in [3.8, 4) is 0 Å². The molecule has 2 nitrogen and oxygen atoms in total. The average Bonchev–Trinajstić information content (AvgIpc) is 2.62. The molecule has 0 unspecified atom stereocenters. The number of hydrogen-bond donors (Lipinski definition) is 1. The van der Waals surface area contributed by atoms with Crippen LogP contribution in [0.1, 0.15) is 48.6 Å². The molecule has 0 aromatic heterocycles. The smallest absolute Gasteiger partial charge is 0.369 e. The standard InChI is InChI=1S/C20H20ClF4NO/c1-12(16-11-14(20(23,24)25)6-9-17(16)21)27-18-3-2-10-26-19(18)13-4-7-15(22)8-5-13/h4-9,11-12,18-19,26H,2-3,10H2,1H3/t12-,18+,19+/m1/s1. The van der Waals surface area contributed by atoms with Gasteiger partial charge < -0.3 is 10.1 Å². The van der Waals surface area contributed by atoms with Gasteiger partial charge in [0.15, 0.2) is 0 Å². The second kappa shape index (κ2) is 8.17. The predicted octanol–water partition coefficient (Wildman–Crippen LogP) is 6.07. The van der Waals surface area contributed by atoms with Gasteiger partial charge in [0.2, 0.25) is 0 Å². The molecule has 3 atom stereocenters. The normalized spacial score (nSPS) is 21.9. The molecular weight excluding hydrogens is 382 g/mol. The Kier molecular flexibility index (Phi) is 6.08. The molecule has 1 saturated heterocycles. The minimum absolute atomic E-state index is 0.161. The number of alkyl halides is 3. The van der Waals surface area contributed by atoms with Gasteiger partial charge in [-0.1, -0.05) is 23.7 Å². The molecule has 146 valence electrons. The molecule has 2 aromatic rings. The number of benzene rings is 2. The summed E-state index contributed by atoms with van der Waals surface area (Å²) in [4.78, 5) is 0. The fourth-order valence-electron chi connectivity index (χ4n) is 3.38. The largest absolute Gasteiger partial charge is 0.416 e. The van der Waals surface area contributed by atoms with Crippen molar-refractivity contribution in [2.75, 3.05) is 6.54 Å². The van der Waals surface area contributed by atoms with E-state index in [0.29, 0.717) is 5.56 Å². The summed E-state index contributed by atoms with van der Waals surface area (Å²) in [5.41, 5.74) is 0.424. The van der Waals surface area contributed by atoms with E-state index in [1.165, 1.54) is 18.2 Å². The minimum atomic E-state index is -4.44. The average molecular weight is 402 g/mol. The molecule has 1 aliphatic rings. The van der Waals surface area contributed by atoms with Crippen molar-refractivity contribution in [3.63, 3.8) is 0 Å². The predicted molar refractivity (Wildman–Crippen MR) is 96.1 cm³/mol. The zero-order valence-electron chi connectivity index (χ0n) is 14.7. The van der Waals surface area contributed by atoms with Crippen LogP contribution in [-0.2, 0) is 10.9 Å². The first-order chi connectivity index (χ1) is 12.8. The van der Waals surface area contributed by atoms with Crippen LogP contribution >= 0.6 is 11.6 Å². The van der Waals surface area contributed by atoms with Gasteiger partial charge in [-0.25, -0.2) is 4.39 Å². The maximum absolute atomic E-state index is 13.2. The van der Waals surface area contributed by atoms with Crippen LogP contribution in [0.3, 0.4) is 0 Å². The lowest BCUT2D eigenvalue weighted by Gasteiger charge is -2.35. The molecule has 1 heterocycles. The van der Waals surface area contributed by atoms with Crippen molar-refractivity contribution in [3.05, 3.63) is 70.0 Å². The fraction of sp³-hybridized carbons (Fsp3) is 0.400. The molecule has 7 heteroatoms. The number of ether oxygens (including phenoxy) is 1. The third-order valence-electron chi connectivity index (χ3n) is 4.77. The van der Waals surface area contributed by atoms with E-state index in [-0.39, 0.29) is 23.0 Å². The molecule has 2 aromatic carbocycles. The first-order valence-electron chi connectivity index (χ1n) is 8.76. The molecule has 1 N–H and O–H groups in total. The molecule has 27 heavy (non-hydrogen) atoms. The number of hydrogen-bond acceptors (Lipinski definition) is 2. The van der Waals surface area contributed by atoms with Crippen LogP contribution in [0.4, 0.5) is 17.6 Å². The number of rotatable bonds is 4. The van der Waals surface area contributed by atoms with Gasteiger partial charge in [-0.15, -0.1) is 0 Å². The van der Waals surface area contributed by atoms with Crippen molar-refractivity contribution in [2.24, 2.45) is 0 Å². The van der Waals surface area contributed by atoms with Gasteiger partial charge in [0.1, 0.15) is 5.82 Å². The number of halogens is 5. The summed E-state index contributed by atoms with van der Waals surface area (Å²) in [6, 6.07) is 9.24. The van der Waals surface area contributed by atoms with E-state index in [1.54, 1.807) is 19.1 Å². The van der Waals surface area contributed by atoms with E-state index in [4.69, 9.17) is 16.3 Å². The van der Waals surface area contributed by atoms with Crippen LogP contribution in [0.5, 0.6) is 0 Å². The van der Waals surface area contributed by atoms with E-state index < -0.39 is 17.8 Å². The molecule has 0 aliphatic carbocycles. The lowest BCUT2D eigenvalue weighted by atomic mass is 9.94. The fourth-order valence-corrected chi connectivity index (χ4v) is 3.65. The Morgan fingerprint density at radius 3 is 2.52 bits per heavy atom. The van der Waals surface area contributed by atoms with Crippen molar-refractivity contribution in [2.45, 2.75) is 44.2 Å². The molecule has 0 spiro atoms. The Morgan fingerprint density at radius 2 is 1.85 bits per heavy atom. The highest BCUT2D eigenvalue weighted by molar-refractivity contribution is 6.31. The zero-order chi connectivity index (χ0) is 19.6. The zero-order valence-corrected chi connectivity index (χ0v) is 15.4. The second-order valence-corrected chi connectivity index (χ2v) is 7.08. The summed E-state index contributed by atoms with van der Waals surface area (Å²) >= 11 is 6.13. The van der Waals surface area contributed by atoms with Gasteiger partial charge in [0.25, 0.3) is 0 Å². The quantitative estimate of drug-likeness (QED) is 0.628. The maximum Gasteiger partial charge on any atom is 0.416 e. The van der Waals surface area contributed by atoms with Gasteiger partial charge in [-0.3, -0.25) is 0 Å². The summed E-state index contributed by atoms with van der Waals surface area (Å²) < 4.78 is 58.4. The van der Waals surface area contributed by atoms with E-state index in [0.717, 1.165) is 37.1 Å². The van der Waals surface area contributed by atoms with Gasteiger partial charge in [0.05, 0.1) is 23.8 Å². The third-order valence-corrected chi connectivity index (χ3v) is 5.11. The Bertz CT molecular complexity index is 779. The van der Waals surface area contributed by atoms with Gasteiger partial charge in [-0.05, 0) is 67.8 Å². The molecule has 0 amide bonds. The first kappa shape index (κ1) is 20.1. The van der Waals surface area contributed by atoms with E-state index in [1.807, 2.05) is 0 Å². The Labute approximate surface area is 160 Å². The molecular formula is C20H20ClF4NO. The monoisotopic (exact) mass is 401 g/mol. The minimum Gasteiger partial charge on any atom is -0.369 e. The molecule has 0 bridgehead atoms. The Morgan fingerprint density at radius 1 is 1.15 bits per heavy atom. The topological polar surface area (TPSA) is 21.3 Å². The summed E-state index contributed by atoms with van der Waals surface area (Å²) in [6.45, 7) is 2.48. The van der Waals surface area contributed by atoms with Gasteiger partial charge in [-0.2, -0.15) is 13.2 Å². The van der Waals surface area contributed by atoms with Crippen LogP contribution in [0.2, 0.25) is 5.02 Å². The van der Waals surface area contributed by atoms with Gasteiger partial charge in [0, 0.05) is 5.02 Å². The SMILES string of the molecule is C[C@@H](O[C@H]1CCCN[C@H]1c1ccc(F)cc1)c1cc(C(F)(F)F)ccc1Cl. The number of piperidine rings is 1. The maximum atomic E-state index is 13.2. The Hall–Kier alpha value is -1.63. The first-order valence-corrected chi connectivity index (χ1v) is 9.14. The van der Waals surface area contributed by atoms with Crippen LogP contribution in [0.15, 0.2) is 42.5 Å². The molecule has 0 radical (unpaired) electrons. The van der Waals surface area contributed by atoms with Crippen molar-refractivity contribution in [1.29, 1.82) is 0 Å². The highest BCUT2D eigenvalue weighted by Gasteiger charge is 2.33. The van der Waals surface area contributed by atoms with Crippen LogP contribution in [0.25, 0.3) is 0 Å². The lowest BCUT2D eigenvalue weighted by molar-refractivity contribution is -0.137. The number of nitrogens with one attached hydrogen (secondary N) is 1. The van der Waals surface area contributed by atoms with Gasteiger partial charge >= 0.3 is 6.18 Å². The van der Waals surface area contributed by atoms with Crippen LogP contribution < -0.4 is 5.32 Å². The highest BCUT2D eigenvalue weighted by Crippen LogP contribution is 2.37. The van der Waals surface area contributed by atoms with E-state index in [9.17, 15) is 17.6 Å². The summed E-state index contributed by atoms with van der Waals surface area (Å²) in [7, 11) is 0.